The number of aryl methyl sites for hydroxylation is 1. The lowest BCUT2D eigenvalue weighted by atomic mass is 10.2. The standard InChI is InChI=1S/C16H22N4OS/c1-13(2)20(10-14-8-18-19(3)9-14)16(21)12-22-11-15-6-4-5-7-17-15/h4-9,13H,10-12H2,1-3H3. The molecule has 0 aliphatic rings. The third kappa shape index (κ3) is 4.87. The van der Waals surface area contributed by atoms with Crippen molar-refractivity contribution in [3.8, 4) is 0 Å². The molecule has 0 saturated carbocycles. The van der Waals surface area contributed by atoms with E-state index in [4.69, 9.17) is 0 Å². The molecule has 2 aromatic rings. The number of carbonyl (C=O) groups is 1. The van der Waals surface area contributed by atoms with Crippen LogP contribution in [0.1, 0.15) is 25.1 Å². The first-order chi connectivity index (χ1) is 10.6. The highest BCUT2D eigenvalue weighted by Gasteiger charge is 2.17. The summed E-state index contributed by atoms with van der Waals surface area (Å²) in [7, 11) is 1.88. The van der Waals surface area contributed by atoms with Gasteiger partial charge in [-0.25, -0.2) is 0 Å². The van der Waals surface area contributed by atoms with Gasteiger partial charge in [0.05, 0.1) is 17.6 Å². The van der Waals surface area contributed by atoms with Crippen molar-refractivity contribution in [2.24, 2.45) is 7.05 Å². The van der Waals surface area contributed by atoms with Crippen molar-refractivity contribution in [2.45, 2.75) is 32.2 Å². The van der Waals surface area contributed by atoms with E-state index < -0.39 is 0 Å². The topological polar surface area (TPSA) is 51.0 Å². The van der Waals surface area contributed by atoms with Crippen molar-refractivity contribution < 1.29 is 4.79 Å². The van der Waals surface area contributed by atoms with Gasteiger partial charge in [-0.2, -0.15) is 5.10 Å². The minimum atomic E-state index is 0.153. The van der Waals surface area contributed by atoms with E-state index in [1.54, 1.807) is 22.6 Å². The minimum Gasteiger partial charge on any atom is -0.335 e. The molecule has 2 aromatic heterocycles. The maximum atomic E-state index is 12.4. The molecule has 0 spiro atoms. The Labute approximate surface area is 135 Å². The second-order valence-electron chi connectivity index (χ2n) is 5.45. The molecule has 0 fully saturated rings. The number of hydrogen-bond donors (Lipinski definition) is 0. The fourth-order valence-electron chi connectivity index (χ4n) is 2.12. The first-order valence-electron chi connectivity index (χ1n) is 7.31. The van der Waals surface area contributed by atoms with E-state index in [1.807, 2.05) is 56.4 Å². The van der Waals surface area contributed by atoms with Gasteiger partial charge in [-0.3, -0.25) is 14.5 Å². The molecular weight excluding hydrogens is 296 g/mol. The Morgan fingerprint density at radius 1 is 1.41 bits per heavy atom. The largest absolute Gasteiger partial charge is 0.335 e. The number of nitrogens with zero attached hydrogens (tertiary/aromatic N) is 4. The Kier molecular flexibility index (Phi) is 6.00. The molecule has 6 heteroatoms. The van der Waals surface area contributed by atoms with E-state index >= 15 is 0 Å². The molecule has 22 heavy (non-hydrogen) atoms. The highest BCUT2D eigenvalue weighted by molar-refractivity contribution is 7.99. The third-order valence-corrected chi connectivity index (χ3v) is 4.21. The zero-order chi connectivity index (χ0) is 15.9. The summed E-state index contributed by atoms with van der Waals surface area (Å²) in [6.07, 6.45) is 5.54. The van der Waals surface area contributed by atoms with Gasteiger partial charge in [0.1, 0.15) is 0 Å². The molecule has 0 unspecified atom stereocenters. The molecule has 0 aliphatic carbocycles. The molecular formula is C16H22N4OS. The van der Waals surface area contributed by atoms with Crippen molar-refractivity contribution in [1.82, 2.24) is 19.7 Å². The van der Waals surface area contributed by atoms with Crippen LogP contribution < -0.4 is 0 Å². The molecule has 2 heterocycles. The molecule has 0 aromatic carbocycles. The Hall–Kier alpha value is -1.82. The quantitative estimate of drug-likeness (QED) is 0.787. The number of amides is 1. The van der Waals surface area contributed by atoms with E-state index in [0.29, 0.717) is 12.3 Å². The first kappa shape index (κ1) is 16.5. The van der Waals surface area contributed by atoms with E-state index in [0.717, 1.165) is 17.0 Å². The molecule has 1 amide bonds. The van der Waals surface area contributed by atoms with Crippen LogP contribution >= 0.6 is 11.8 Å². The van der Waals surface area contributed by atoms with Crippen molar-refractivity contribution in [3.63, 3.8) is 0 Å². The van der Waals surface area contributed by atoms with Gasteiger partial charge in [-0.15, -0.1) is 11.8 Å². The fourth-order valence-corrected chi connectivity index (χ4v) is 2.94. The molecule has 2 rings (SSSR count). The van der Waals surface area contributed by atoms with Crippen LogP contribution in [0, 0.1) is 0 Å². The van der Waals surface area contributed by atoms with Crippen LogP contribution in [0.25, 0.3) is 0 Å². The van der Waals surface area contributed by atoms with Crippen molar-refractivity contribution >= 4 is 17.7 Å². The predicted molar refractivity (Wildman–Crippen MR) is 89.3 cm³/mol. The maximum absolute atomic E-state index is 12.4. The number of aromatic nitrogens is 3. The SMILES string of the molecule is CC(C)N(Cc1cnn(C)c1)C(=O)CSCc1ccccn1. The van der Waals surface area contributed by atoms with Crippen LogP contribution in [0.2, 0.25) is 0 Å². The Morgan fingerprint density at radius 2 is 2.23 bits per heavy atom. The normalized spacial score (nSPS) is 10.9. The van der Waals surface area contributed by atoms with Crippen molar-refractivity contribution in [1.29, 1.82) is 0 Å². The molecule has 0 aliphatic heterocycles. The van der Waals surface area contributed by atoms with Gasteiger partial charge in [-0.1, -0.05) is 6.07 Å². The van der Waals surface area contributed by atoms with Crippen LogP contribution in [-0.2, 0) is 24.1 Å². The summed E-state index contributed by atoms with van der Waals surface area (Å²) in [5, 5.41) is 4.16. The lowest BCUT2D eigenvalue weighted by Crippen LogP contribution is -2.37. The monoisotopic (exact) mass is 318 g/mol. The first-order valence-corrected chi connectivity index (χ1v) is 8.46. The number of hydrogen-bond acceptors (Lipinski definition) is 4. The van der Waals surface area contributed by atoms with Gasteiger partial charge in [-0.05, 0) is 26.0 Å². The van der Waals surface area contributed by atoms with Crippen LogP contribution in [0.5, 0.6) is 0 Å². The number of pyridine rings is 1. The van der Waals surface area contributed by atoms with Gasteiger partial charge < -0.3 is 4.90 Å². The minimum absolute atomic E-state index is 0.153. The van der Waals surface area contributed by atoms with Crippen molar-refractivity contribution in [3.05, 3.63) is 48.0 Å². The lowest BCUT2D eigenvalue weighted by molar-refractivity contribution is -0.130. The average Bonchev–Trinajstić information content (AvgIpc) is 2.91. The smallest absolute Gasteiger partial charge is 0.233 e. The molecule has 0 atom stereocenters. The van der Waals surface area contributed by atoms with Crippen LogP contribution in [0.15, 0.2) is 36.8 Å². The predicted octanol–water partition coefficient (Wildman–Crippen LogP) is 2.49. The van der Waals surface area contributed by atoms with Crippen LogP contribution in [-0.4, -0.2) is 37.4 Å². The second kappa shape index (κ2) is 7.98. The summed E-state index contributed by atoms with van der Waals surface area (Å²) in [5.74, 6) is 1.38. The third-order valence-electron chi connectivity index (χ3n) is 3.26. The van der Waals surface area contributed by atoms with E-state index in [1.165, 1.54) is 0 Å². The average molecular weight is 318 g/mol. The summed E-state index contributed by atoms with van der Waals surface area (Å²) in [5.41, 5.74) is 2.06. The summed E-state index contributed by atoms with van der Waals surface area (Å²) in [4.78, 5) is 18.6. The summed E-state index contributed by atoms with van der Waals surface area (Å²) in [6, 6.07) is 6.01. The molecule has 0 radical (unpaired) electrons. The van der Waals surface area contributed by atoms with Gasteiger partial charge in [0.25, 0.3) is 0 Å². The van der Waals surface area contributed by atoms with Gasteiger partial charge in [0.15, 0.2) is 0 Å². The Morgan fingerprint density at radius 3 is 2.82 bits per heavy atom. The molecule has 0 saturated heterocycles. The molecule has 0 N–H and O–H groups in total. The van der Waals surface area contributed by atoms with E-state index in [-0.39, 0.29) is 11.9 Å². The summed E-state index contributed by atoms with van der Waals surface area (Å²) < 4.78 is 1.76. The zero-order valence-corrected chi connectivity index (χ0v) is 14.1. The maximum Gasteiger partial charge on any atom is 0.233 e. The number of thioether (sulfide) groups is 1. The molecule has 0 bridgehead atoms. The van der Waals surface area contributed by atoms with Gasteiger partial charge in [0.2, 0.25) is 5.91 Å². The number of carbonyl (C=O) groups excluding carboxylic acids is 1. The lowest BCUT2D eigenvalue weighted by Gasteiger charge is -2.26. The molecule has 5 nitrogen and oxygen atoms in total. The highest BCUT2D eigenvalue weighted by atomic mass is 32.2. The van der Waals surface area contributed by atoms with Gasteiger partial charge >= 0.3 is 0 Å². The summed E-state index contributed by atoms with van der Waals surface area (Å²) >= 11 is 1.60. The second-order valence-corrected chi connectivity index (χ2v) is 6.44. The van der Waals surface area contributed by atoms with Gasteiger partial charge in [0, 0.05) is 43.3 Å². The fraction of sp³-hybridized carbons (Fsp3) is 0.438. The highest BCUT2D eigenvalue weighted by Crippen LogP contribution is 2.14. The van der Waals surface area contributed by atoms with Crippen molar-refractivity contribution in [2.75, 3.05) is 5.75 Å². The summed E-state index contributed by atoms with van der Waals surface area (Å²) in [6.45, 7) is 4.68. The van der Waals surface area contributed by atoms with E-state index in [2.05, 4.69) is 10.1 Å². The van der Waals surface area contributed by atoms with E-state index in [9.17, 15) is 4.79 Å². The Bertz CT molecular complexity index is 597. The molecule has 118 valence electrons. The zero-order valence-electron chi connectivity index (χ0n) is 13.3. The number of rotatable bonds is 7. The van der Waals surface area contributed by atoms with Crippen LogP contribution in [0.4, 0.5) is 0 Å². The van der Waals surface area contributed by atoms with Crippen LogP contribution in [0.3, 0.4) is 0 Å². The Balaban J connectivity index is 1.87.